The maximum atomic E-state index is 12.7. The molecule has 1 unspecified atom stereocenters. The van der Waals surface area contributed by atoms with Crippen molar-refractivity contribution in [2.45, 2.75) is 19.1 Å². The summed E-state index contributed by atoms with van der Waals surface area (Å²) in [5.74, 6) is -0.257. The van der Waals surface area contributed by atoms with Crippen molar-refractivity contribution in [3.8, 4) is 11.1 Å². The van der Waals surface area contributed by atoms with Crippen LogP contribution in [-0.2, 0) is 6.18 Å². The molecule has 7 heteroatoms. The van der Waals surface area contributed by atoms with Crippen molar-refractivity contribution >= 4 is 18.3 Å². The predicted octanol–water partition coefficient (Wildman–Crippen LogP) is 4.13. The Bertz CT molecular complexity index is 702. The second-order valence-corrected chi connectivity index (χ2v) is 5.52. The predicted molar refractivity (Wildman–Crippen MR) is 95.0 cm³/mol. The van der Waals surface area contributed by atoms with Crippen molar-refractivity contribution in [2.24, 2.45) is 0 Å². The highest BCUT2D eigenvalue weighted by atomic mass is 35.5. The van der Waals surface area contributed by atoms with Gasteiger partial charge in [0.05, 0.1) is 5.56 Å². The van der Waals surface area contributed by atoms with Gasteiger partial charge in [-0.05, 0) is 43.3 Å². The number of halogens is 4. The van der Waals surface area contributed by atoms with E-state index < -0.39 is 11.7 Å². The Morgan fingerprint density at radius 2 is 1.68 bits per heavy atom. The number of amides is 1. The Morgan fingerprint density at radius 1 is 1.08 bits per heavy atom. The molecule has 0 heterocycles. The number of benzene rings is 2. The highest BCUT2D eigenvalue weighted by Gasteiger charge is 2.30. The standard InChI is InChI=1S/C18H19F3N2O.ClH/c1-12(22-2)11-23-17(24)16-6-4-3-5-15(16)13-7-9-14(10-8-13)18(19,20)21;/h3-10,12,22H,11H2,1-2H3,(H,23,24);1H. The smallest absolute Gasteiger partial charge is 0.350 e. The van der Waals surface area contributed by atoms with Crippen LogP contribution in [0.25, 0.3) is 11.1 Å². The Hall–Kier alpha value is -2.05. The van der Waals surface area contributed by atoms with Crippen LogP contribution < -0.4 is 10.6 Å². The number of carbonyl (C=O) groups excluding carboxylic acids is 1. The van der Waals surface area contributed by atoms with E-state index in [1.165, 1.54) is 12.1 Å². The number of carbonyl (C=O) groups is 1. The van der Waals surface area contributed by atoms with Gasteiger partial charge in [-0.25, -0.2) is 0 Å². The zero-order valence-corrected chi connectivity index (χ0v) is 14.7. The van der Waals surface area contributed by atoms with E-state index in [1.54, 1.807) is 31.3 Å². The molecule has 3 nitrogen and oxygen atoms in total. The first-order chi connectivity index (χ1) is 11.3. The summed E-state index contributed by atoms with van der Waals surface area (Å²) < 4.78 is 38.0. The minimum atomic E-state index is -4.38. The molecule has 25 heavy (non-hydrogen) atoms. The summed E-state index contributed by atoms with van der Waals surface area (Å²) in [7, 11) is 1.80. The molecule has 1 amide bonds. The lowest BCUT2D eigenvalue weighted by molar-refractivity contribution is -0.137. The third-order valence-electron chi connectivity index (χ3n) is 3.76. The lowest BCUT2D eigenvalue weighted by atomic mass is 9.98. The number of nitrogens with one attached hydrogen (secondary N) is 2. The third kappa shape index (κ3) is 5.47. The second kappa shape index (κ2) is 8.87. The molecule has 0 radical (unpaired) electrons. The largest absolute Gasteiger partial charge is 0.416 e. The highest BCUT2D eigenvalue weighted by Crippen LogP contribution is 2.31. The summed E-state index contributed by atoms with van der Waals surface area (Å²) in [6.45, 7) is 2.39. The van der Waals surface area contributed by atoms with E-state index in [0.29, 0.717) is 23.2 Å². The fourth-order valence-corrected chi connectivity index (χ4v) is 2.21. The molecule has 0 fully saturated rings. The molecule has 2 rings (SSSR count). The van der Waals surface area contributed by atoms with Crippen LogP contribution in [0, 0.1) is 0 Å². The average Bonchev–Trinajstić information content (AvgIpc) is 2.58. The monoisotopic (exact) mass is 372 g/mol. The van der Waals surface area contributed by atoms with Gasteiger partial charge in [-0.3, -0.25) is 4.79 Å². The quantitative estimate of drug-likeness (QED) is 0.828. The van der Waals surface area contributed by atoms with Gasteiger partial charge in [0.1, 0.15) is 0 Å². The molecule has 2 aromatic carbocycles. The van der Waals surface area contributed by atoms with E-state index >= 15 is 0 Å². The first-order valence-electron chi connectivity index (χ1n) is 7.55. The van der Waals surface area contributed by atoms with Crippen LogP contribution in [0.2, 0.25) is 0 Å². The lowest BCUT2D eigenvalue weighted by Crippen LogP contribution is -2.37. The van der Waals surface area contributed by atoms with Crippen molar-refractivity contribution < 1.29 is 18.0 Å². The SMILES string of the molecule is CNC(C)CNC(=O)c1ccccc1-c1ccc(C(F)(F)F)cc1.Cl. The molecule has 0 aromatic heterocycles. The second-order valence-electron chi connectivity index (χ2n) is 5.52. The van der Waals surface area contributed by atoms with Crippen molar-refractivity contribution in [3.63, 3.8) is 0 Å². The van der Waals surface area contributed by atoms with Crippen LogP contribution in [0.15, 0.2) is 48.5 Å². The van der Waals surface area contributed by atoms with Gasteiger partial charge >= 0.3 is 6.18 Å². The molecule has 136 valence electrons. The molecule has 0 saturated heterocycles. The molecule has 0 aliphatic carbocycles. The number of alkyl halides is 3. The summed E-state index contributed by atoms with van der Waals surface area (Å²) in [4.78, 5) is 12.4. The number of rotatable bonds is 5. The summed E-state index contributed by atoms with van der Waals surface area (Å²) >= 11 is 0. The van der Waals surface area contributed by atoms with Gasteiger partial charge in [-0.1, -0.05) is 30.3 Å². The normalized spacial score (nSPS) is 12.2. The van der Waals surface area contributed by atoms with Crippen molar-refractivity contribution in [2.75, 3.05) is 13.6 Å². The first-order valence-corrected chi connectivity index (χ1v) is 7.55. The Labute approximate surface area is 151 Å². The molecule has 0 bridgehead atoms. The van der Waals surface area contributed by atoms with Crippen LogP contribution in [0.1, 0.15) is 22.8 Å². The summed E-state index contributed by atoms with van der Waals surface area (Å²) in [5.41, 5.74) is 0.882. The van der Waals surface area contributed by atoms with Crippen LogP contribution in [0.4, 0.5) is 13.2 Å². The zero-order chi connectivity index (χ0) is 17.7. The van der Waals surface area contributed by atoms with Gasteiger partial charge in [0.25, 0.3) is 5.91 Å². The molecule has 0 aliphatic rings. The molecular formula is C18H20ClF3N2O. The molecular weight excluding hydrogens is 353 g/mol. The van der Waals surface area contributed by atoms with E-state index in [9.17, 15) is 18.0 Å². The van der Waals surface area contributed by atoms with Gasteiger partial charge < -0.3 is 10.6 Å². The molecule has 0 saturated carbocycles. The lowest BCUT2D eigenvalue weighted by Gasteiger charge is -2.14. The Kier molecular flexibility index (Phi) is 7.45. The maximum absolute atomic E-state index is 12.7. The van der Waals surface area contributed by atoms with Crippen LogP contribution in [0.5, 0.6) is 0 Å². The third-order valence-corrected chi connectivity index (χ3v) is 3.76. The fraction of sp³-hybridized carbons (Fsp3) is 0.278. The van der Waals surface area contributed by atoms with Gasteiger partial charge in [-0.2, -0.15) is 13.2 Å². The fourth-order valence-electron chi connectivity index (χ4n) is 2.21. The van der Waals surface area contributed by atoms with Gasteiger partial charge in [-0.15, -0.1) is 12.4 Å². The molecule has 0 aliphatic heterocycles. The van der Waals surface area contributed by atoms with E-state index in [-0.39, 0.29) is 24.4 Å². The molecule has 0 spiro atoms. The van der Waals surface area contributed by atoms with Crippen molar-refractivity contribution in [3.05, 3.63) is 59.7 Å². The van der Waals surface area contributed by atoms with Gasteiger partial charge in [0.15, 0.2) is 0 Å². The van der Waals surface area contributed by atoms with E-state index in [2.05, 4.69) is 10.6 Å². The minimum absolute atomic E-state index is 0. The molecule has 1 atom stereocenters. The van der Waals surface area contributed by atoms with E-state index in [1.807, 2.05) is 6.92 Å². The Balaban J connectivity index is 0.00000312. The molecule has 2 aromatic rings. The zero-order valence-electron chi connectivity index (χ0n) is 13.9. The minimum Gasteiger partial charge on any atom is -0.350 e. The van der Waals surface area contributed by atoms with E-state index in [0.717, 1.165) is 12.1 Å². The van der Waals surface area contributed by atoms with Crippen molar-refractivity contribution in [1.29, 1.82) is 0 Å². The summed E-state index contributed by atoms with van der Waals surface area (Å²) in [6.07, 6.45) is -4.38. The topological polar surface area (TPSA) is 41.1 Å². The maximum Gasteiger partial charge on any atom is 0.416 e. The molecule has 2 N–H and O–H groups in total. The van der Waals surface area contributed by atoms with E-state index in [4.69, 9.17) is 0 Å². The van der Waals surface area contributed by atoms with Gasteiger partial charge in [0.2, 0.25) is 0 Å². The number of hydrogen-bond donors (Lipinski definition) is 2. The number of likely N-dealkylation sites (N-methyl/N-ethyl adjacent to an activating group) is 1. The van der Waals surface area contributed by atoms with Crippen LogP contribution >= 0.6 is 12.4 Å². The van der Waals surface area contributed by atoms with Gasteiger partial charge in [0, 0.05) is 18.2 Å². The Morgan fingerprint density at radius 3 is 2.24 bits per heavy atom. The average molecular weight is 373 g/mol. The highest BCUT2D eigenvalue weighted by molar-refractivity contribution is 6.00. The summed E-state index contributed by atoms with van der Waals surface area (Å²) in [6, 6.07) is 11.8. The van der Waals surface area contributed by atoms with Crippen LogP contribution in [0.3, 0.4) is 0 Å². The summed E-state index contributed by atoms with van der Waals surface area (Å²) in [5, 5.41) is 5.83. The first kappa shape index (κ1) is 21.0. The number of hydrogen-bond acceptors (Lipinski definition) is 2. The van der Waals surface area contributed by atoms with Crippen LogP contribution in [-0.4, -0.2) is 25.5 Å². The van der Waals surface area contributed by atoms with Crippen molar-refractivity contribution in [1.82, 2.24) is 10.6 Å².